The third kappa shape index (κ3) is 3.76. The van der Waals surface area contributed by atoms with E-state index in [-0.39, 0.29) is 5.56 Å². The number of thiophene rings is 1. The normalized spacial score (nSPS) is 11.0. The van der Waals surface area contributed by atoms with E-state index in [0.29, 0.717) is 11.8 Å². The maximum Gasteiger partial charge on any atom is 0.260 e. The second-order valence-electron chi connectivity index (χ2n) is 5.20. The number of hydrogen-bond acceptors (Lipinski definition) is 5. The number of nitrogens with one attached hydrogen (secondary N) is 1. The van der Waals surface area contributed by atoms with Gasteiger partial charge >= 0.3 is 0 Å². The van der Waals surface area contributed by atoms with Gasteiger partial charge in [0.05, 0.1) is 12.0 Å². The number of para-hydroxylation sites is 1. The molecule has 0 amide bonds. The zero-order chi connectivity index (χ0) is 16.2. The number of hydrogen-bond donors (Lipinski definition) is 1. The van der Waals surface area contributed by atoms with Crippen LogP contribution < -0.4 is 10.3 Å². The summed E-state index contributed by atoms with van der Waals surface area (Å²) >= 11 is 3.14. The number of thioether (sulfide) groups is 1. The van der Waals surface area contributed by atoms with Crippen molar-refractivity contribution in [2.75, 3.05) is 12.4 Å². The van der Waals surface area contributed by atoms with E-state index in [1.807, 2.05) is 44.2 Å². The first-order valence-electron chi connectivity index (χ1n) is 7.46. The second-order valence-corrected chi connectivity index (χ2v) is 7.48. The number of nitrogens with zero attached hydrogens (tertiary/aromatic N) is 1. The van der Waals surface area contributed by atoms with Crippen molar-refractivity contribution in [1.82, 2.24) is 9.97 Å². The average Bonchev–Trinajstić information content (AvgIpc) is 2.83. The van der Waals surface area contributed by atoms with Gasteiger partial charge in [-0.25, -0.2) is 4.98 Å². The van der Waals surface area contributed by atoms with Gasteiger partial charge in [-0.15, -0.1) is 11.3 Å². The van der Waals surface area contributed by atoms with Gasteiger partial charge in [0.25, 0.3) is 5.56 Å². The highest BCUT2D eigenvalue weighted by atomic mass is 32.2. The van der Waals surface area contributed by atoms with Crippen molar-refractivity contribution in [2.45, 2.75) is 25.4 Å². The minimum atomic E-state index is -0.0418. The SMILES string of the molecule is Cc1sc2nc(SCCCOc3ccccc3)[nH]c(=O)c2c1C. The molecule has 1 N–H and O–H groups in total. The Hall–Kier alpha value is -1.79. The number of aromatic nitrogens is 2. The molecule has 3 aromatic rings. The molecule has 4 nitrogen and oxygen atoms in total. The molecule has 0 fully saturated rings. The van der Waals surface area contributed by atoms with Gasteiger partial charge < -0.3 is 9.72 Å². The number of ether oxygens (including phenoxy) is 1. The zero-order valence-corrected chi connectivity index (χ0v) is 14.7. The molecule has 0 aliphatic rings. The first-order chi connectivity index (χ1) is 11.1. The van der Waals surface area contributed by atoms with Gasteiger partial charge in [-0.3, -0.25) is 4.79 Å². The third-order valence-corrected chi connectivity index (χ3v) is 5.62. The lowest BCUT2D eigenvalue weighted by molar-refractivity contribution is 0.318. The summed E-state index contributed by atoms with van der Waals surface area (Å²) in [5, 5.41) is 1.41. The number of benzene rings is 1. The second kappa shape index (κ2) is 7.19. The molecule has 23 heavy (non-hydrogen) atoms. The Morgan fingerprint density at radius 3 is 2.83 bits per heavy atom. The van der Waals surface area contributed by atoms with E-state index in [4.69, 9.17) is 4.74 Å². The van der Waals surface area contributed by atoms with Crippen molar-refractivity contribution in [3.05, 3.63) is 51.1 Å². The van der Waals surface area contributed by atoms with Crippen molar-refractivity contribution >= 4 is 33.3 Å². The molecule has 0 aliphatic heterocycles. The Morgan fingerprint density at radius 2 is 2.04 bits per heavy atom. The van der Waals surface area contributed by atoms with Crippen LogP contribution >= 0.6 is 23.1 Å². The average molecular weight is 346 g/mol. The largest absolute Gasteiger partial charge is 0.494 e. The number of aryl methyl sites for hydroxylation is 2. The molecule has 0 atom stereocenters. The van der Waals surface area contributed by atoms with E-state index in [1.165, 1.54) is 0 Å². The van der Waals surface area contributed by atoms with Crippen molar-refractivity contribution in [3.63, 3.8) is 0 Å². The smallest absolute Gasteiger partial charge is 0.260 e. The highest BCUT2D eigenvalue weighted by Gasteiger charge is 2.11. The lowest BCUT2D eigenvalue weighted by Gasteiger charge is -2.05. The number of fused-ring (bicyclic) bond motifs is 1. The summed E-state index contributed by atoms with van der Waals surface area (Å²) in [4.78, 5) is 21.6. The summed E-state index contributed by atoms with van der Waals surface area (Å²) in [7, 11) is 0. The minimum Gasteiger partial charge on any atom is -0.494 e. The molecule has 0 unspecified atom stereocenters. The van der Waals surface area contributed by atoms with Gasteiger partial charge in [0, 0.05) is 10.6 Å². The van der Waals surface area contributed by atoms with Gasteiger partial charge in [0.2, 0.25) is 0 Å². The van der Waals surface area contributed by atoms with E-state index >= 15 is 0 Å². The van der Waals surface area contributed by atoms with Crippen molar-refractivity contribution in [1.29, 1.82) is 0 Å². The summed E-state index contributed by atoms with van der Waals surface area (Å²) in [6.45, 7) is 4.65. The monoisotopic (exact) mass is 346 g/mol. The van der Waals surface area contributed by atoms with Crippen LogP contribution in [0, 0.1) is 13.8 Å². The fraction of sp³-hybridized carbons (Fsp3) is 0.294. The van der Waals surface area contributed by atoms with Crippen LogP contribution in [0.2, 0.25) is 0 Å². The van der Waals surface area contributed by atoms with Crippen LogP contribution in [0.15, 0.2) is 40.3 Å². The van der Waals surface area contributed by atoms with Crippen LogP contribution in [-0.4, -0.2) is 22.3 Å². The van der Waals surface area contributed by atoms with E-state index < -0.39 is 0 Å². The van der Waals surface area contributed by atoms with Crippen LogP contribution in [-0.2, 0) is 0 Å². The van der Waals surface area contributed by atoms with E-state index in [1.54, 1.807) is 23.1 Å². The molecule has 6 heteroatoms. The minimum absolute atomic E-state index is 0.0418. The summed E-state index contributed by atoms with van der Waals surface area (Å²) in [6, 6.07) is 9.77. The quantitative estimate of drug-likeness (QED) is 0.414. The standard InChI is InChI=1S/C17H18N2O2S2/c1-11-12(2)23-16-14(11)15(20)18-17(19-16)22-10-6-9-21-13-7-4-3-5-8-13/h3-5,7-8H,6,9-10H2,1-2H3,(H,18,19,20). The summed E-state index contributed by atoms with van der Waals surface area (Å²) in [5.74, 6) is 1.74. The fourth-order valence-corrected chi connectivity index (χ4v) is 4.10. The van der Waals surface area contributed by atoms with Gasteiger partial charge in [0.1, 0.15) is 10.6 Å². The van der Waals surface area contributed by atoms with Crippen molar-refractivity contribution < 1.29 is 4.74 Å². The molecule has 0 saturated carbocycles. The molecule has 0 radical (unpaired) electrons. The Kier molecular flexibility index (Phi) is 5.03. The van der Waals surface area contributed by atoms with Crippen LogP contribution in [0.5, 0.6) is 5.75 Å². The third-order valence-electron chi connectivity index (χ3n) is 3.56. The Labute approximate surface area is 142 Å². The van der Waals surface area contributed by atoms with E-state index in [9.17, 15) is 4.79 Å². The molecule has 0 saturated heterocycles. The van der Waals surface area contributed by atoms with E-state index in [2.05, 4.69) is 9.97 Å². The predicted octanol–water partition coefficient (Wildman–Crippen LogP) is 4.16. The molecule has 0 bridgehead atoms. The summed E-state index contributed by atoms with van der Waals surface area (Å²) in [6.07, 6.45) is 0.893. The highest BCUT2D eigenvalue weighted by molar-refractivity contribution is 7.99. The van der Waals surface area contributed by atoms with Crippen LogP contribution in [0.1, 0.15) is 16.9 Å². The topological polar surface area (TPSA) is 55.0 Å². The number of H-pyrrole nitrogens is 1. The zero-order valence-electron chi connectivity index (χ0n) is 13.1. The Bertz CT molecular complexity index is 856. The fourth-order valence-electron chi connectivity index (χ4n) is 2.24. The lowest BCUT2D eigenvalue weighted by Crippen LogP contribution is -2.09. The first-order valence-corrected chi connectivity index (χ1v) is 9.26. The highest BCUT2D eigenvalue weighted by Crippen LogP contribution is 2.27. The maximum atomic E-state index is 12.2. The molecular weight excluding hydrogens is 328 g/mol. The molecule has 2 aromatic heterocycles. The lowest BCUT2D eigenvalue weighted by atomic mass is 10.2. The maximum absolute atomic E-state index is 12.2. The van der Waals surface area contributed by atoms with Gasteiger partial charge in [-0.1, -0.05) is 30.0 Å². The molecule has 1 aromatic carbocycles. The molecule has 3 rings (SSSR count). The first kappa shape index (κ1) is 16.1. The van der Waals surface area contributed by atoms with Gasteiger partial charge in [0.15, 0.2) is 5.16 Å². The molecule has 120 valence electrons. The summed E-state index contributed by atoms with van der Waals surface area (Å²) < 4.78 is 5.65. The Morgan fingerprint density at radius 1 is 1.26 bits per heavy atom. The number of aromatic amines is 1. The summed E-state index contributed by atoms with van der Waals surface area (Å²) in [5.41, 5.74) is 0.992. The molecule has 2 heterocycles. The van der Waals surface area contributed by atoms with Crippen LogP contribution in [0.3, 0.4) is 0 Å². The van der Waals surface area contributed by atoms with Gasteiger partial charge in [-0.2, -0.15) is 0 Å². The van der Waals surface area contributed by atoms with Crippen LogP contribution in [0.25, 0.3) is 10.2 Å². The van der Waals surface area contributed by atoms with E-state index in [0.717, 1.165) is 38.6 Å². The molecule has 0 aliphatic carbocycles. The van der Waals surface area contributed by atoms with Crippen molar-refractivity contribution in [3.8, 4) is 5.75 Å². The number of rotatable bonds is 6. The van der Waals surface area contributed by atoms with Crippen molar-refractivity contribution in [2.24, 2.45) is 0 Å². The molecular formula is C17H18N2O2S2. The molecule has 0 spiro atoms. The van der Waals surface area contributed by atoms with Crippen LogP contribution in [0.4, 0.5) is 0 Å². The Balaban J connectivity index is 1.56. The van der Waals surface area contributed by atoms with Gasteiger partial charge in [-0.05, 0) is 38.0 Å². The predicted molar refractivity (Wildman–Crippen MR) is 97.0 cm³/mol.